The number of hydrogen-bond donors (Lipinski definition) is 2. The van der Waals surface area contributed by atoms with Crippen molar-refractivity contribution in [2.45, 2.75) is 52.5 Å². The summed E-state index contributed by atoms with van der Waals surface area (Å²) in [5.74, 6) is 0.659. The van der Waals surface area contributed by atoms with Gasteiger partial charge in [0, 0.05) is 7.05 Å². The smallest absolute Gasteiger partial charge is 0.239 e. The lowest BCUT2D eigenvalue weighted by molar-refractivity contribution is -0.127. The Labute approximate surface area is 94.0 Å². The van der Waals surface area contributed by atoms with Crippen molar-refractivity contribution in [3.05, 3.63) is 0 Å². The van der Waals surface area contributed by atoms with Crippen molar-refractivity contribution in [1.29, 1.82) is 0 Å². The highest BCUT2D eigenvalue weighted by Gasteiger charge is 2.30. The molecule has 0 aliphatic rings. The number of carbonyl (C=O) groups is 1. The lowest BCUT2D eigenvalue weighted by Crippen LogP contribution is -2.54. The number of hydrogen-bond acceptors (Lipinski definition) is 2. The number of carbonyl (C=O) groups excluding carboxylic acids is 1. The summed E-state index contributed by atoms with van der Waals surface area (Å²) in [6.07, 6.45) is 3.10. The van der Waals surface area contributed by atoms with Gasteiger partial charge >= 0.3 is 0 Å². The molecule has 3 nitrogen and oxygen atoms in total. The lowest BCUT2D eigenvalue weighted by atomic mass is 9.93. The largest absolute Gasteiger partial charge is 0.358 e. The summed E-state index contributed by atoms with van der Waals surface area (Å²) in [5, 5.41) is 6.11. The van der Waals surface area contributed by atoms with E-state index in [1.165, 1.54) is 0 Å². The molecule has 0 aliphatic carbocycles. The van der Waals surface area contributed by atoms with E-state index < -0.39 is 5.54 Å². The first-order chi connectivity index (χ1) is 6.96. The Bertz CT molecular complexity index is 192. The Morgan fingerprint density at radius 2 is 2.00 bits per heavy atom. The van der Waals surface area contributed by atoms with Crippen molar-refractivity contribution in [2.75, 3.05) is 13.6 Å². The van der Waals surface area contributed by atoms with E-state index in [0.717, 1.165) is 25.8 Å². The van der Waals surface area contributed by atoms with Gasteiger partial charge in [-0.15, -0.1) is 0 Å². The molecule has 0 bridgehead atoms. The fraction of sp³-hybridized carbons (Fsp3) is 0.917. The van der Waals surface area contributed by atoms with Crippen molar-refractivity contribution < 1.29 is 4.79 Å². The highest BCUT2D eigenvalue weighted by atomic mass is 16.2. The second-order valence-electron chi connectivity index (χ2n) is 4.79. The van der Waals surface area contributed by atoms with Gasteiger partial charge in [-0.3, -0.25) is 4.79 Å². The van der Waals surface area contributed by atoms with Gasteiger partial charge in [-0.1, -0.05) is 33.6 Å². The zero-order chi connectivity index (χ0) is 11.9. The van der Waals surface area contributed by atoms with Crippen LogP contribution >= 0.6 is 0 Å². The predicted molar refractivity (Wildman–Crippen MR) is 64.8 cm³/mol. The molecule has 0 spiro atoms. The summed E-state index contributed by atoms with van der Waals surface area (Å²) in [7, 11) is 1.70. The van der Waals surface area contributed by atoms with Gasteiger partial charge in [0.1, 0.15) is 0 Å². The van der Waals surface area contributed by atoms with Crippen LogP contribution in [0.1, 0.15) is 47.0 Å². The van der Waals surface area contributed by atoms with E-state index in [4.69, 9.17) is 0 Å². The van der Waals surface area contributed by atoms with Crippen molar-refractivity contribution in [2.24, 2.45) is 5.92 Å². The maximum atomic E-state index is 11.8. The average molecular weight is 214 g/mol. The molecule has 90 valence electrons. The second kappa shape index (κ2) is 6.83. The molecule has 0 fully saturated rings. The normalized spacial score (nSPS) is 15.1. The van der Waals surface area contributed by atoms with Crippen LogP contribution in [0.2, 0.25) is 0 Å². The zero-order valence-electron chi connectivity index (χ0n) is 10.8. The zero-order valence-corrected chi connectivity index (χ0v) is 10.8. The van der Waals surface area contributed by atoms with Crippen LogP contribution in [-0.2, 0) is 4.79 Å². The van der Waals surface area contributed by atoms with Crippen LogP contribution < -0.4 is 10.6 Å². The van der Waals surface area contributed by atoms with Crippen molar-refractivity contribution >= 4 is 5.91 Å². The third kappa shape index (κ3) is 5.17. The third-order valence-electron chi connectivity index (χ3n) is 2.66. The van der Waals surface area contributed by atoms with E-state index in [2.05, 4.69) is 31.4 Å². The molecule has 0 saturated heterocycles. The van der Waals surface area contributed by atoms with Gasteiger partial charge in [-0.2, -0.15) is 0 Å². The molecule has 1 unspecified atom stereocenters. The van der Waals surface area contributed by atoms with E-state index in [0.29, 0.717) is 5.92 Å². The molecular weight excluding hydrogens is 188 g/mol. The maximum absolute atomic E-state index is 11.8. The first-order valence-electron chi connectivity index (χ1n) is 5.93. The van der Waals surface area contributed by atoms with Crippen LogP contribution in [0.4, 0.5) is 0 Å². The minimum atomic E-state index is -0.408. The molecular formula is C12H26N2O. The quantitative estimate of drug-likeness (QED) is 0.680. The van der Waals surface area contributed by atoms with Crippen LogP contribution in [0.5, 0.6) is 0 Å². The number of amides is 1. The molecule has 2 N–H and O–H groups in total. The van der Waals surface area contributed by atoms with Crippen LogP contribution in [0.15, 0.2) is 0 Å². The molecule has 0 saturated carbocycles. The first kappa shape index (κ1) is 14.4. The maximum Gasteiger partial charge on any atom is 0.239 e. The molecule has 15 heavy (non-hydrogen) atoms. The number of rotatable bonds is 7. The summed E-state index contributed by atoms with van der Waals surface area (Å²) in [6, 6.07) is 0. The van der Waals surface area contributed by atoms with Gasteiger partial charge in [0.15, 0.2) is 0 Å². The summed E-state index contributed by atoms with van der Waals surface area (Å²) < 4.78 is 0. The van der Waals surface area contributed by atoms with Gasteiger partial charge < -0.3 is 10.6 Å². The van der Waals surface area contributed by atoms with Crippen molar-refractivity contribution in [1.82, 2.24) is 10.6 Å². The molecule has 0 aliphatic heterocycles. The van der Waals surface area contributed by atoms with Crippen molar-refractivity contribution in [3.8, 4) is 0 Å². The molecule has 0 rings (SSSR count). The Balaban J connectivity index is 4.33. The van der Waals surface area contributed by atoms with E-state index in [1.54, 1.807) is 7.05 Å². The molecule has 1 atom stereocenters. The molecule has 0 radical (unpaired) electrons. The van der Waals surface area contributed by atoms with Crippen molar-refractivity contribution in [3.63, 3.8) is 0 Å². The highest BCUT2D eigenvalue weighted by molar-refractivity contribution is 5.85. The predicted octanol–water partition coefficient (Wildman–Crippen LogP) is 1.93. The molecule has 1 amide bonds. The summed E-state index contributed by atoms with van der Waals surface area (Å²) in [5.41, 5.74) is -0.408. The molecule has 0 heterocycles. The third-order valence-corrected chi connectivity index (χ3v) is 2.66. The van der Waals surface area contributed by atoms with E-state index >= 15 is 0 Å². The Hall–Kier alpha value is -0.570. The summed E-state index contributed by atoms with van der Waals surface area (Å²) >= 11 is 0. The van der Waals surface area contributed by atoms with Crippen LogP contribution in [-0.4, -0.2) is 25.0 Å². The number of nitrogens with one attached hydrogen (secondary N) is 2. The highest BCUT2D eigenvalue weighted by Crippen LogP contribution is 2.14. The van der Waals surface area contributed by atoms with Crippen LogP contribution in [0.3, 0.4) is 0 Å². The first-order valence-corrected chi connectivity index (χ1v) is 5.93. The monoisotopic (exact) mass is 214 g/mol. The van der Waals surface area contributed by atoms with E-state index in [-0.39, 0.29) is 5.91 Å². The van der Waals surface area contributed by atoms with E-state index in [1.807, 2.05) is 6.92 Å². The summed E-state index contributed by atoms with van der Waals surface area (Å²) in [6.45, 7) is 9.32. The SMILES string of the molecule is CCCCC(C)(NCC(C)C)C(=O)NC. The topological polar surface area (TPSA) is 41.1 Å². The second-order valence-corrected chi connectivity index (χ2v) is 4.79. The minimum Gasteiger partial charge on any atom is -0.358 e. The van der Waals surface area contributed by atoms with Gasteiger partial charge in [-0.25, -0.2) is 0 Å². The van der Waals surface area contributed by atoms with Crippen LogP contribution in [0.25, 0.3) is 0 Å². The lowest BCUT2D eigenvalue weighted by Gasteiger charge is -2.30. The van der Waals surface area contributed by atoms with Gasteiger partial charge in [0.05, 0.1) is 5.54 Å². The number of unbranched alkanes of at least 4 members (excludes halogenated alkanes) is 1. The molecule has 0 aromatic heterocycles. The Morgan fingerprint density at radius 1 is 1.40 bits per heavy atom. The van der Waals surface area contributed by atoms with Gasteiger partial charge in [-0.05, 0) is 25.8 Å². The van der Waals surface area contributed by atoms with E-state index in [9.17, 15) is 4.79 Å². The fourth-order valence-electron chi connectivity index (χ4n) is 1.52. The Kier molecular flexibility index (Phi) is 6.57. The molecule has 0 aromatic rings. The average Bonchev–Trinajstić information content (AvgIpc) is 2.22. The molecule has 0 aromatic carbocycles. The molecule has 3 heteroatoms. The number of likely N-dealkylation sites (N-methyl/N-ethyl adjacent to an activating group) is 1. The Morgan fingerprint density at radius 3 is 2.40 bits per heavy atom. The minimum absolute atomic E-state index is 0.0941. The van der Waals surface area contributed by atoms with Gasteiger partial charge in [0.2, 0.25) is 5.91 Å². The summed E-state index contributed by atoms with van der Waals surface area (Å²) in [4.78, 5) is 11.8. The van der Waals surface area contributed by atoms with Crippen LogP contribution in [0, 0.1) is 5.92 Å². The van der Waals surface area contributed by atoms with Gasteiger partial charge in [0.25, 0.3) is 0 Å². The standard InChI is InChI=1S/C12H26N2O/c1-6-7-8-12(4,11(15)13-5)14-9-10(2)3/h10,14H,6-9H2,1-5H3,(H,13,15). The fourth-order valence-corrected chi connectivity index (χ4v) is 1.52.